The zero-order valence-corrected chi connectivity index (χ0v) is 12.6. The van der Waals surface area contributed by atoms with E-state index in [2.05, 4.69) is 29.5 Å². The number of ether oxygens (including phenoxy) is 2. The van der Waals surface area contributed by atoms with Crippen LogP contribution in [-0.2, 0) is 4.79 Å². The number of nitrogens with zero attached hydrogens (tertiary/aromatic N) is 1. The highest BCUT2D eigenvalue weighted by molar-refractivity contribution is 14.1. The molecule has 1 amide bonds. The number of alkyl halides is 1. The smallest absolute Gasteiger partial charge is 0.265 e. The van der Waals surface area contributed by atoms with Crippen LogP contribution in [0.2, 0.25) is 0 Å². The lowest BCUT2D eigenvalue weighted by atomic mass is 10.1. The molecule has 1 aromatic carbocycles. The van der Waals surface area contributed by atoms with E-state index in [-0.39, 0.29) is 12.5 Å². The Bertz CT molecular complexity index is 450. The summed E-state index contributed by atoms with van der Waals surface area (Å²) in [4.78, 5) is 13.8. The molecule has 1 heterocycles. The van der Waals surface area contributed by atoms with Crippen molar-refractivity contribution in [3.8, 4) is 11.5 Å². The maximum absolute atomic E-state index is 12.0. The molecule has 18 heavy (non-hydrogen) atoms. The highest BCUT2D eigenvalue weighted by Crippen LogP contribution is 2.35. The number of methoxy groups -OCH3 is 1. The Morgan fingerprint density at radius 2 is 2.33 bits per heavy atom. The Kier molecular flexibility index (Phi) is 4.31. The monoisotopic (exact) mass is 361 g/mol. The molecule has 0 saturated carbocycles. The molecule has 1 atom stereocenters. The number of amides is 1. The van der Waals surface area contributed by atoms with Gasteiger partial charge in [-0.1, -0.05) is 29.5 Å². The SMILES string of the molecule is COc1ccc2c(c1)N(CC(C)CI)C(=O)CO2. The standard InChI is InChI=1S/C13H16INO3/c1-9(6-14)7-15-11-5-10(17-2)3-4-12(11)18-8-13(15)16/h3-5,9H,6-8H2,1-2H3. The molecule has 0 aliphatic carbocycles. The van der Waals surface area contributed by atoms with Gasteiger partial charge in [0.05, 0.1) is 12.8 Å². The maximum atomic E-state index is 12.0. The first-order valence-corrected chi connectivity index (χ1v) is 7.35. The van der Waals surface area contributed by atoms with Gasteiger partial charge in [0, 0.05) is 17.0 Å². The van der Waals surface area contributed by atoms with Gasteiger partial charge in [-0.15, -0.1) is 0 Å². The minimum Gasteiger partial charge on any atom is -0.497 e. The maximum Gasteiger partial charge on any atom is 0.265 e. The lowest BCUT2D eigenvalue weighted by Crippen LogP contribution is -2.41. The second-order valence-electron chi connectivity index (χ2n) is 4.39. The van der Waals surface area contributed by atoms with E-state index in [1.54, 1.807) is 12.0 Å². The molecule has 0 fully saturated rings. The van der Waals surface area contributed by atoms with Gasteiger partial charge in [0.25, 0.3) is 5.91 Å². The highest BCUT2D eigenvalue weighted by Gasteiger charge is 2.26. The fourth-order valence-electron chi connectivity index (χ4n) is 1.87. The average molecular weight is 361 g/mol. The largest absolute Gasteiger partial charge is 0.497 e. The molecule has 0 radical (unpaired) electrons. The Balaban J connectivity index is 2.32. The summed E-state index contributed by atoms with van der Waals surface area (Å²) in [6.45, 7) is 2.97. The van der Waals surface area contributed by atoms with Gasteiger partial charge in [-0.05, 0) is 18.1 Å². The van der Waals surface area contributed by atoms with Crippen LogP contribution < -0.4 is 14.4 Å². The molecule has 0 bridgehead atoms. The van der Waals surface area contributed by atoms with E-state index in [9.17, 15) is 4.79 Å². The lowest BCUT2D eigenvalue weighted by molar-refractivity contribution is -0.121. The molecule has 1 aliphatic rings. The Labute approximate surface area is 120 Å². The number of benzene rings is 1. The second kappa shape index (κ2) is 5.77. The molecule has 2 rings (SSSR count). The predicted octanol–water partition coefficient (Wildman–Crippen LogP) is 2.49. The van der Waals surface area contributed by atoms with Gasteiger partial charge in [-0.2, -0.15) is 0 Å². The van der Waals surface area contributed by atoms with Gasteiger partial charge in [-0.25, -0.2) is 0 Å². The van der Waals surface area contributed by atoms with Crippen molar-refractivity contribution < 1.29 is 14.3 Å². The topological polar surface area (TPSA) is 38.8 Å². The number of fused-ring (bicyclic) bond motifs is 1. The van der Waals surface area contributed by atoms with Crippen molar-refractivity contribution in [2.45, 2.75) is 6.92 Å². The van der Waals surface area contributed by atoms with E-state index >= 15 is 0 Å². The van der Waals surface area contributed by atoms with Crippen LogP contribution in [0, 0.1) is 5.92 Å². The Morgan fingerprint density at radius 3 is 3.00 bits per heavy atom. The van der Waals surface area contributed by atoms with Gasteiger partial charge in [0.2, 0.25) is 0 Å². The van der Waals surface area contributed by atoms with Gasteiger partial charge >= 0.3 is 0 Å². The van der Waals surface area contributed by atoms with Gasteiger partial charge in [0.15, 0.2) is 6.61 Å². The summed E-state index contributed by atoms with van der Waals surface area (Å²) >= 11 is 2.34. The summed E-state index contributed by atoms with van der Waals surface area (Å²) < 4.78 is 11.6. The van der Waals surface area contributed by atoms with Crippen molar-refractivity contribution in [3.63, 3.8) is 0 Å². The summed E-state index contributed by atoms with van der Waals surface area (Å²) in [5.41, 5.74) is 0.808. The van der Waals surface area contributed by atoms with Crippen LogP contribution in [0.25, 0.3) is 0 Å². The first kappa shape index (κ1) is 13.5. The number of halogens is 1. The predicted molar refractivity (Wildman–Crippen MR) is 78.9 cm³/mol. The summed E-state index contributed by atoms with van der Waals surface area (Å²) in [7, 11) is 1.62. The van der Waals surface area contributed by atoms with Crippen molar-refractivity contribution in [1.29, 1.82) is 0 Å². The molecule has 1 aromatic rings. The summed E-state index contributed by atoms with van der Waals surface area (Å²) in [6, 6.07) is 5.54. The van der Waals surface area contributed by atoms with E-state index in [0.717, 1.165) is 21.6 Å². The van der Waals surface area contributed by atoms with Crippen molar-refractivity contribution in [1.82, 2.24) is 0 Å². The zero-order valence-electron chi connectivity index (χ0n) is 10.5. The molecule has 98 valence electrons. The molecule has 5 heteroatoms. The third-order valence-electron chi connectivity index (χ3n) is 2.87. The van der Waals surface area contributed by atoms with Gasteiger partial charge < -0.3 is 14.4 Å². The van der Waals surface area contributed by atoms with Crippen molar-refractivity contribution in [2.75, 3.05) is 29.6 Å². The van der Waals surface area contributed by atoms with Crippen molar-refractivity contribution in [2.24, 2.45) is 5.92 Å². The number of carbonyl (C=O) groups is 1. The summed E-state index contributed by atoms with van der Waals surface area (Å²) in [6.07, 6.45) is 0. The van der Waals surface area contributed by atoms with Crippen LogP contribution >= 0.6 is 22.6 Å². The fourth-order valence-corrected chi connectivity index (χ4v) is 2.15. The summed E-state index contributed by atoms with van der Waals surface area (Å²) in [5, 5.41) is 0. The quantitative estimate of drug-likeness (QED) is 0.611. The summed E-state index contributed by atoms with van der Waals surface area (Å²) in [5.74, 6) is 1.94. The Hall–Kier alpha value is -0.980. The Morgan fingerprint density at radius 1 is 1.56 bits per heavy atom. The normalized spacial score (nSPS) is 15.9. The average Bonchev–Trinajstić information content (AvgIpc) is 2.41. The zero-order chi connectivity index (χ0) is 13.1. The van der Waals surface area contributed by atoms with Crippen LogP contribution in [-0.4, -0.2) is 30.6 Å². The van der Waals surface area contributed by atoms with Crippen molar-refractivity contribution >= 4 is 34.2 Å². The van der Waals surface area contributed by atoms with Crippen LogP contribution in [0.5, 0.6) is 11.5 Å². The highest BCUT2D eigenvalue weighted by atomic mass is 127. The van der Waals surface area contributed by atoms with E-state index in [1.165, 1.54) is 0 Å². The molecule has 0 N–H and O–H groups in total. The number of hydrogen-bond donors (Lipinski definition) is 0. The molecule has 1 aliphatic heterocycles. The minimum absolute atomic E-state index is 0.00690. The molecule has 0 spiro atoms. The van der Waals surface area contributed by atoms with Crippen LogP contribution in [0.1, 0.15) is 6.92 Å². The molecular formula is C13H16INO3. The number of rotatable bonds is 4. The molecule has 0 saturated heterocycles. The van der Waals surface area contributed by atoms with E-state index in [4.69, 9.17) is 9.47 Å². The first-order chi connectivity index (χ1) is 8.65. The fraction of sp³-hybridized carbons (Fsp3) is 0.462. The molecule has 0 aromatic heterocycles. The van der Waals surface area contributed by atoms with E-state index in [1.807, 2.05) is 18.2 Å². The van der Waals surface area contributed by atoms with Crippen LogP contribution in [0.3, 0.4) is 0 Å². The number of hydrogen-bond acceptors (Lipinski definition) is 3. The number of anilines is 1. The third-order valence-corrected chi connectivity index (χ3v) is 4.37. The van der Waals surface area contributed by atoms with Crippen molar-refractivity contribution in [3.05, 3.63) is 18.2 Å². The van der Waals surface area contributed by atoms with Crippen LogP contribution in [0.15, 0.2) is 18.2 Å². The van der Waals surface area contributed by atoms with Crippen LogP contribution in [0.4, 0.5) is 5.69 Å². The lowest BCUT2D eigenvalue weighted by Gasteiger charge is -2.31. The first-order valence-electron chi connectivity index (χ1n) is 5.83. The van der Waals surface area contributed by atoms with Gasteiger partial charge in [-0.3, -0.25) is 4.79 Å². The van der Waals surface area contributed by atoms with E-state index < -0.39 is 0 Å². The molecule has 1 unspecified atom stereocenters. The molecular weight excluding hydrogens is 345 g/mol. The number of carbonyl (C=O) groups excluding carboxylic acids is 1. The minimum atomic E-state index is 0.00690. The van der Waals surface area contributed by atoms with Gasteiger partial charge in [0.1, 0.15) is 11.5 Å². The van der Waals surface area contributed by atoms with E-state index in [0.29, 0.717) is 12.5 Å². The molecule has 4 nitrogen and oxygen atoms in total. The third kappa shape index (κ3) is 2.71. The second-order valence-corrected chi connectivity index (χ2v) is 5.27.